The Hall–Kier alpha value is -2.30. The fraction of sp³-hybridized carbons (Fsp3) is 0.286. The molecule has 0 amide bonds. The number of aryl methyl sites for hydroxylation is 2. The Labute approximate surface area is 111 Å². The van der Waals surface area contributed by atoms with Gasteiger partial charge in [-0.05, 0) is 25.5 Å². The molecular formula is C14H17N3O2. The number of carbonyl (C=O) groups is 1. The standard InChI is InChI=1S/C14H17N3O2/c1-3-17-9-13(10(2)16-17)15-8-11-6-4-5-7-12(11)14(18)19/h4-7,9,15H,3,8H2,1-2H3,(H,18,19). The van der Waals surface area contributed by atoms with Gasteiger partial charge in [-0.2, -0.15) is 5.10 Å². The van der Waals surface area contributed by atoms with Crippen LogP contribution in [0, 0.1) is 6.92 Å². The average molecular weight is 259 g/mol. The number of nitrogens with one attached hydrogen (secondary N) is 1. The van der Waals surface area contributed by atoms with Gasteiger partial charge in [0.2, 0.25) is 0 Å². The van der Waals surface area contributed by atoms with Crippen molar-refractivity contribution >= 4 is 11.7 Å². The van der Waals surface area contributed by atoms with Crippen molar-refractivity contribution in [3.8, 4) is 0 Å². The molecule has 1 heterocycles. The van der Waals surface area contributed by atoms with Crippen LogP contribution in [0.25, 0.3) is 0 Å². The molecule has 0 bridgehead atoms. The smallest absolute Gasteiger partial charge is 0.336 e. The van der Waals surface area contributed by atoms with Crippen LogP contribution in [0.2, 0.25) is 0 Å². The summed E-state index contributed by atoms with van der Waals surface area (Å²) < 4.78 is 1.85. The minimum absolute atomic E-state index is 0.329. The molecule has 5 heteroatoms. The molecular weight excluding hydrogens is 242 g/mol. The lowest BCUT2D eigenvalue weighted by molar-refractivity contribution is 0.0696. The van der Waals surface area contributed by atoms with Gasteiger partial charge in [-0.1, -0.05) is 18.2 Å². The summed E-state index contributed by atoms with van der Waals surface area (Å²) in [5, 5.41) is 16.7. The summed E-state index contributed by atoms with van der Waals surface area (Å²) in [6.45, 7) is 5.24. The number of carboxylic acids is 1. The van der Waals surface area contributed by atoms with Gasteiger partial charge in [0.15, 0.2) is 0 Å². The monoisotopic (exact) mass is 259 g/mol. The number of hydrogen-bond acceptors (Lipinski definition) is 3. The molecule has 0 unspecified atom stereocenters. The molecule has 19 heavy (non-hydrogen) atoms. The number of aromatic carboxylic acids is 1. The van der Waals surface area contributed by atoms with Crippen LogP contribution in [0.1, 0.15) is 28.5 Å². The average Bonchev–Trinajstić information content (AvgIpc) is 2.77. The van der Waals surface area contributed by atoms with E-state index in [-0.39, 0.29) is 0 Å². The molecule has 2 aromatic rings. The van der Waals surface area contributed by atoms with E-state index in [2.05, 4.69) is 10.4 Å². The van der Waals surface area contributed by atoms with Crippen molar-refractivity contribution in [2.75, 3.05) is 5.32 Å². The zero-order valence-corrected chi connectivity index (χ0v) is 11.1. The van der Waals surface area contributed by atoms with Gasteiger partial charge >= 0.3 is 5.97 Å². The maximum Gasteiger partial charge on any atom is 0.336 e. The lowest BCUT2D eigenvalue weighted by Gasteiger charge is -2.07. The van der Waals surface area contributed by atoms with Crippen molar-refractivity contribution in [1.29, 1.82) is 0 Å². The molecule has 0 aliphatic rings. The molecule has 0 radical (unpaired) electrons. The van der Waals surface area contributed by atoms with Crippen molar-refractivity contribution < 1.29 is 9.90 Å². The summed E-state index contributed by atoms with van der Waals surface area (Å²) in [7, 11) is 0. The first-order chi connectivity index (χ1) is 9.11. The van der Waals surface area contributed by atoms with Crippen molar-refractivity contribution in [2.24, 2.45) is 0 Å². The highest BCUT2D eigenvalue weighted by Crippen LogP contribution is 2.15. The summed E-state index contributed by atoms with van der Waals surface area (Å²) in [6.07, 6.45) is 1.93. The van der Waals surface area contributed by atoms with Crippen LogP contribution < -0.4 is 5.32 Å². The van der Waals surface area contributed by atoms with Gasteiger partial charge in [0.1, 0.15) is 0 Å². The van der Waals surface area contributed by atoms with E-state index < -0.39 is 5.97 Å². The lowest BCUT2D eigenvalue weighted by Crippen LogP contribution is -2.07. The summed E-state index contributed by atoms with van der Waals surface area (Å²) >= 11 is 0. The van der Waals surface area contributed by atoms with Crippen LogP contribution in [0.3, 0.4) is 0 Å². The molecule has 0 aliphatic heterocycles. The van der Waals surface area contributed by atoms with Crippen LogP contribution in [0.5, 0.6) is 0 Å². The Morgan fingerprint density at radius 3 is 2.79 bits per heavy atom. The second-order valence-corrected chi connectivity index (χ2v) is 4.30. The van der Waals surface area contributed by atoms with E-state index in [9.17, 15) is 4.79 Å². The Balaban J connectivity index is 2.14. The molecule has 2 N–H and O–H groups in total. The SMILES string of the molecule is CCn1cc(NCc2ccccc2C(=O)O)c(C)n1. The van der Waals surface area contributed by atoms with Crippen molar-refractivity contribution in [1.82, 2.24) is 9.78 Å². The van der Waals surface area contributed by atoms with E-state index in [1.165, 1.54) is 0 Å². The largest absolute Gasteiger partial charge is 0.478 e. The Bertz CT molecular complexity index is 590. The quantitative estimate of drug-likeness (QED) is 0.865. The Morgan fingerprint density at radius 1 is 1.42 bits per heavy atom. The number of aromatic nitrogens is 2. The summed E-state index contributed by atoms with van der Waals surface area (Å²) in [5.41, 5.74) is 2.94. The molecule has 0 spiro atoms. The summed E-state index contributed by atoms with van der Waals surface area (Å²) in [5.74, 6) is -0.904. The van der Waals surface area contributed by atoms with Gasteiger partial charge in [0.25, 0.3) is 0 Å². The highest BCUT2D eigenvalue weighted by atomic mass is 16.4. The van der Waals surface area contributed by atoms with Crippen LogP contribution in [-0.2, 0) is 13.1 Å². The third-order valence-corrected chi connectivity index (χ3v) is 2.99. The second-order valence-electron chi connectivity index (χ2n) is 4.30. The Kier molecular flexibility index (Phi) is 3.85. The van der Waals surface area contributed by atoms with Crippen LogP contribution in [-0.4, -0.2) is 20.9 Å². The maximum absolute atomic E-state index is 11.1. The van der Waals surface area contributed by atoms with Crippen molar-refractivity contribution in [2.45, 2.75) is 26.9 Å². The van der Waals surface area contributed by atoms with Crippen molar-refractivity contribution in [3.05, 3.63) is 47.3 Å². The molecule has 2 rings (SSSR count). The third kappa shape index (κ3) is 2.93. The molecule has 0 atom stereocenters. The van der Waals surface area contributed by atoms with E-state index in [1.54, 1.807) is 12.1 Å². The van der Waals surface area contributed by atoms with E-state index in [0.717, 1.165) is 23.5 Å². The maximum atomic E-state index is 11.1. The predicted molar refractivity (Wildman–Crippen MR) is 73.4 cm³/mol. The minimum atomic E-state index is -0.904. The first kappa shape index (κ1) is 13.1. The Morgan fingerprint density at radius 2 is 2.16 bits per heavy atom. The van der Waals surface area contributed by atoms with Gasteiger partial charge in [-0.25, -0.2) is 4.79 Å². The zero-order valence-electron chi connectivity index (χ0n) is 11.1. The van der Waals surface area contributed by atoms with E-state index in [4.69, 9.17) is 5.11 Å². The van der Waals surface area contributed by atoms with Crippen molar-refractivity contribution in [3.63, 3.8) is 0 Å². The number of hydrogen-bond donors (Lipinski definition) is 2. The van der Waals surface area contributed by atoms with Crippen LogP contribution in [0.4, 0.5) is 5.69 Å². The molecule has 0 saturated heterocycles. The first-order valence-corrected chi connectivity index (χ1v) is 6.21. The molecule has 1 aromatic heterocycles. The summed E-state index contributed by atoms with van der Waals surface area (Å²) in [6, 6.07) is 7.00. The number of benzene rings is 1. The molecule has 1 aromatic carbocycles. The molecule has 0 fully saturated rings. The van der Waals surface area contributed by atoms with E-state index in [1.807, 2.05) is 36.9 Å². The highest BCUT2D eigenvalue weighted by molar-refractivity contribution is 5.89. The third-order valence-electron chi connectivity index (χ3n) is 2.99. The molecule has 5 nitrogen and oxygen atoms in total. The van der Waals surface area contributed by atoms with Gasteiger partial charge < -0.3 is 10.4 Å². The minimum Gasteiger partial charge on any atom is -0.478 e. The van der Waals surface area contributed by atoms with Gasteiger partial charge in [-0.3, -0.25) is 4.68 Å². The molecule has 0 aliphatic carbocycles. The van der Waals surface area contributed by atoms with Gasteiger partial charge in [0, 0.05) is 19.3 Å². The van der Waals surface area contributed by atoms with E-state index in [0.29, 0.717) is 12.1 Å². The first-order valence-electron chi connectivity index (χ1n) is 6.21. The van der Waals surface area contributed by atoms with Gasteiger partial charge in [0.05, 0.1) is 16.9 Å². The number of nitrogens with zero attached hydrogens (tertiary/aromatic N) is 2. The fourth-order valence-electron chi connectivity index (χ4n) is 1.93. The number of carboxylic acid groups (broad SMARTS) is 1. The number of anilines is 1. The fourth-order valence-corrected chi connectivity index (χ4v) is 1.93. The molecule has 0 saturated carbocycles. The van der Waals surface area contributed by atoms with Gasteiger partial charge in [-0.15, -0.1) is 0 Å². The zero-order chi connectivity index (χ0) is 13.8. The lowest BCUT2D eigenvalue weighted by atomic mass is 10.1. The summed E-state index contributed by atoms with van der Waals surface area (Å²) in [4.78, 5) is 11.1. The van der Waals surface area contributed by atoms with Crippen LogP contribution in [0.15, 0.2) is 30.5 Å². The number of rotatable bonds is 5. The second kappa shape index (κ2) is 5.56. The normalized spacial score (nSPS) is 10.4. The topological polar surface area (TPSA) is 67.2 Å². The van der Waals surface area contributed by atoms with E-state index >= 15 is 0 Å². The molecule has 100 valence electrons. The van der Waals surface area contributed by atoms with Crippen LogP contribution >= 0.6 is 0 Å². The predicted octanol–water partition coefficient (Wildman–Crippen LogP) is 2.52. The highest BCUT2D eigenvalue weighted by Gasteiger charge is 2.09.